The normalized spacial score (nSPS) is 15.9. The van der Waals surface area contributed by atoms with Crippen LogP contribution in [0, 0.1) is 5.92 Å². The van der Waals surface area contributed by atoms with E-state index in [2.05, 4.69) is 41.5 Å². The number of anilines is 3. The first-order chi connectivity index (χ1) is 38.9. The zero-order valence-electron chi connectivity index (χ0n) is 46.4. The minimum absolute atomic E-state index is 0.0535. The Morgan fingerprint density at radius 2 is 1.45 bits per heavy atom. The van der Waals surface area contributed by atoms with Crippen molar-refractivity contribution in [2.75, 3.05) is 124 Å². The van der Waals surface area contributed by atoms with Crippen LogP contribution in [0.5, 0.6) is 17.2 Å². The molecule has 2 aliphatic heterocycles. The van der Waals surface area contributed by atoms with Gasteiger partial charge in [-0.1, -0.05) is 24.5 Å². The lowest BCUT2D eigenvalue weighted by molar-refractivity contribution is -0.140. The highest BCUT2D eigenvalue weighted by Gasteiger charge is 2.38. The zero-order valence-corrected chi connectivity index (χ0v) is 46.4. The van der Waals surface area contributed by atoms with Crippen LogP contribution in [0.4, 0.5) is 17.3 Å². The molecular weight excluding hydrogens is 1030 g/mol. The standard InChI is InChI=1S/C56H72N14O10/c1-36(57-2)52(72)61-49(37-10-8-7-9-11-37)54(74)68-25-27-69(28-26-68)55(75)50-48(42-18-17-41(76-4)33-44(42)65(50)3)53(73)58-20-29-79-30-31-80-35-47(71)67-23-21-66(22-24-67)39-14-12-38(13-15-39)60-56-59-34-43-51(62-56)70(64-63-43)40-16-19-45(77-5)46(32-40)78-6/h12-19,32-34,36-37,49,57H,7-11,20-31,35H2,1-6H3,(H,58,73)(H,61,72)(H,59,60,62). The summed E-state index contributed by atoms with van der Waals surface area (Å²) in [7, 11) is 8.17. The minimum Gasteiger partial charge on any atom is -0.497 e. The van der Waals surface area contributed by atoms with E-state index < -0.39 is 18.0 Å². The number of fused-ring (bicyclic) bond motifs is 2. The highest BCUT2D eigenvalue weighted by Crippen LogP contribution is 2.33. The second kappa shape index (κ2) is 26.2. The number of ether oxygens (including phenoxy) is 5. The Balaban J connectivity index is 0.704. The lowest BCUT2D eigenvalue weighted by atomic mass is 9.83. The summed E-state index contributed by atoms with van der Waals surface area (Å²) in [6, 6.07) is 17.6. The van der Waals surface area contributed by atoms with Crippen molar-refractivity contribution in [2.45, 2.75) is 51.1 Å². The summed E-state index contributed by atoms with van der Waals surface area (Å²) in [5, 5.41) is 21.3. The van der Waals surface area contributed by atoms with E-state index in [9.17, 15) is 24.0 Å². The van der Waals surface area contributed by atoms with Crippen LogP contribution >= 0.6 is 0 Å². The molecule has 0 spiro atoms. The monoisotopic (exact) mass is 1100 g/mol. The summed E-state index contributed by atoms with van der Waals surface area (Å²) in [6.45, 7) is 5.92. The molecule has 5 amide bonds. The molecule has 3 aromatic carbocycles. The van der Waals surface area contributed by atoms with E-state index in [0.29, 0.717) is 90.2 Å². The first-order valence-electron chi connectivity index (χ1n) is 27.3. The summed E-state index contributed by atoms with van der Waals surface area (Å²) in [6.07, 6.45) is 6.51. The number of benzene rings is 3. The number of aromatic nitrogens is 6. The fourth-order valence-corrected chi connectivity index (χ4v) is 10.6. The molecule has 0 radical (unpaired) electrons. The number of carbonyl (C=O) groups excluding carboxylic acids is 5. The predicted molar refractivity (Wildman–Crippen MR) is 299 cm³/mol. The first kappa shape index (κ1) is 56.6. The maximum atomic E-state index is 14.5. The molecule has 24 heteroatoms. The largest absolute Gasteiger partial charge is 0.497 e. The smallest absolute Gasteiger partial charge is 0.271 e. The van der Waals surface area contributed by atoms with Crippen molar-refractivity contribution in [3.63, 3.8) is 0 Å². The molecule has 6 aromatic rings. The minimum atomic E-state index is -0.630. The molecule has 2 atom stereocenters. The second-order valence-corrected chi connectivity index (χ2v) is 20.1. The third kappa shape index (κ3) is 12.8. The topological polar surface area (TPSA) is 254 Å². The van der Waals surface area contributed by atoms with Gasteiger partial charge in [0, 0.05) is 94.8 Å². The summed E-state index contributed by atoms with van der Waals surface area (Å²) >= 11 is 0. The van der Waals surface area contributed by atoms with Crippen molar-refractivity contribution in [1.82, 2.24) is 60.2 Å². The SMILES string of the molecule is CNC(C)C(=O)NC(C(=O)N1CCN(C(=O)c2c(C(=O)NCCOCCOCC(=O)N3CCN(c4ccc(Nc5ncc6nnn(-c7ccc(OC)c(OC)c7)c6n5)cc4)CC3)c3ccc(OC)cc3n2C)CC1)C1CCCCC1. The number of rotatable bonds is 22. The quantitative estimate of drug-likeness (QED) is 0.0710. The Kier molecular flexibility index (Phi) is 18.6. The number of amides is 5. The van der Waals surface area contributed by atoms with Gasteiger partial charge in [0.05, 0.1) is 70.2 Å². The summed E-state index contributed by atoms with van der Waals surface area (Å²) in [5.41, 5.74) is 4.68. The van der Waals surface area contributed by atoms with Gasteiger partial charge < -0.3 is 69.1 Å². The molecule has 426 valence electrons. The number of carbonyl (C=O) groups is 5. The van der Waals surface area contributed by atoms with Gasteiger partial charge in [0.15, 0.2) is 22.7 Å². The van der Waals surface area contributed by atoms with Gasteiger partial charge in [-0.15, -0.1) is 5.10 Å². The van der Waals surface area contributed by atoms with Gasteiger partial charge in [0.25, 0.3) is 11.8 Å². The molecule has 1 saturated carbocycles. The van der Waals surface area contributed by atoms with Gasteiger partial charge >= 0.3 is 0 Å². The average Bonchev–Trinajstić information content (AvgIpc) is 4.08. The molecule has 1 aliphatic carbocycles. The number of aryl methyl sites for hydroxylation is 1. The van der Waals surface area contributed by atoms with Crippen LogP contribution in [0.15, 0.2) is 66.9 Å². The third-order valence-electron chi connectivity index (χ3n) is 15.3. The number of hydrogen-bond acceptors (Lipinski definition) is 17. The maximum Gasteiger partial charge on any atom is 0.271 e. The van der Waals surface area contributed by atoms with Gasteiger partial charge in [-0.25, -0.2) is 4.98 Å². The molecule has 2 unspecified atom stereocenters. The average molecular weight is 1100 g/mol. The highest BCUT2D eigenvalue weighted by molar-refractivity contribution is 6.16. The van der Waals surface area contributed by atoms with E-state index in [1.54, 1.807) is 103 Å². The Bertz CT molecular complexity index is 3140. The van der Waals surface area contributed by atoms with E-state index in [-0.39, 0.29) is 86.9 Å². The Labute approximate surface area is 464 Å². The zero-order chi connectivity index (χ0) is 56.3. The summed E-state index contributed by atoms with van der Waals surface area (Å²) < 4.78 is 31.1. The Hall–Kier alpha value is -8.09. The Morgan fingerprint density at radius 1 is 0.750 bits per heavy atom. The van der Waals surface area contributed by atoms with Crippen LogP contribution in [0.2, 0.25) is 0 Å². The number of nitrogens with one attached hydrogen (secondary N) is 4. The van der Waals surface area contributed by atoms with Gasteiger partial charge in [-0.05, 0) is 81.3 Å². The van der Waals surface area contributed by atoms with Crippen molar-refractivity contribution in [1.29, 1.82) is 0 Å². The summed E-state index contributed by atoms with van der Waals surface area (Å²) in [5.74, 6) is 0.953. The lowest BCUT2D eigenvalue weighted by Crippen LogP contribution is -2.59. The van der Waals surface area contributed by atoms with E-state index >= 15 is 0 Å². The van der Waals surface area contributed by atoms with Crippen LogP contribution in [0.25, 0.3) is 27.8 Å². The molecule has 5 heterocycles. The molecule has 3 fully saturated rings. The van der Waals surface area contributed by atoms with Crippen LogP contribution in [0.3, 0.4) is 0 Å². The number of hydrogen-bond donors (Lipinski definition) is 4. The van der Waals surface area contributed by atoms with E-state index in [4.69, 9.17) is 28.7 Å². The first-order valence-corrected chi connectivity index (χ1v) is 27.3. The van der Waals surface area contributed by atoms with E-state index in [1.165, 1.54) is 0 Å². The predicted octanol–water partition coefficient (Wildman–Crippen LogP) is 3.54. The van der Waals surface area contributed by atoms with Gasteiger partial charge in [0.1, 0.15) is 24.1 Å². The van der Waals surface area contributed by atoms with E-state index in [1.807, 2.05) is 30.3 Å². The lowest BCUT2D eigenvalue weighted by Gasteiger charge is -2.39. The fourth-order valence-electron chi connectivity index (χ4n) is 10.6. The molecule has 24 nitrogen and oxygen atoms in total. The van der Waals surface area contributed by atoms with Crippen molar-refractivity contribution in [3.8, 4) is 22.9 Å². The van der Waals surface area contributed by atoms with Crippen LogP contribution in [-0.4, -0.2) is 200 Å². The molecule has 3 aliphatic rings. The van der Waals surface area contributed by atoms with Crippen molar-refractivity contribution in [3.05, 3.63) is 78.1 Å². The molecule has 3 aromatic heterocycles. The van der Waals surface area contributed by atoms with Crippen molar-refractivity contribution < 1.29 is 47.7 Å². The Morgan fingerprint density at radius 3 is 2.16 bits per heavy atom. The number of nitrogens with zero attached hydrogens (tertiary/aromatic N) is 10. The summed E-state index contributed by atoms with van der Waals surface area (Å²) in [4.78, 5) is 85.2. The van der Waals surface area contributed by atoms with Crippen LogP contribution in [0.1, 0.15) is 59.9 Å². The van der Waals surface area contributed by atoms with Gasteiger partial charge in [-0.2, -0.15) is 9.67 Å². The fraction of sp³-hybridized carbons (Fsp3) is 0.482. The van der Waals surface area contributed by atoms with Gasteiger partial charge in [-0.3, -0.25) is 24.0 Å². The van der Waals surface area contributed by atoms with Crippen molar-refractivity contribution >= 4 is 68.9 Å². The third-order valence-corrected chi connectivity index (χ3v) is 15.3. The van der Waals surface area contributed by atoms with Gasteiger partial charge in [0.2, 0.25) is 23.7 Å². The molecule has 0 bridgehead atoms. The van der Waals surface area contributed by atoms with Crippen LogP contribution in [-0.2, 0) is 30.9 Å². The van der Waals surface area contributed by atoms with E-state index in [0.717, 1.165) is 43.5 Å². The van der Waals surface area contributed by atoms with Crippen LogP contribution < -0.4 is 40.4 Å². The molecule has 2 saturated heterocycles. The molecular formula is C56H72N14O10. The number of likely N-dealkylation sites (N-methyl/N-ethyl adjacent to an activating group) is 1. The second-order valence-electron chi connectivity index (χ2n) is 20.1. The molecule has 9 rings (SSSR count). The molecule has 80 heavy (non-hydrogen) atoms. The maximum absolute atomic E-state index is 14.5. The molecule has 4 N–H and O–H groups in total. The number of piperazine rings is 2. The number of methoxy groups -OCH3 is 3. The highest BCUT2D eigenvalue weighted by atomic mass is 16.5. The van der Waals surface area contributed by atoms with Crippen molar-refractivity contribution in [2.24, 2.45) is 13.0 Å².